The number of anilines is 1. The highest BCUT2D eigenvalue weighted by Gasteiger charge is 2.11. The van der Waals surface area contributed by atoms with Crippen molar-refractivity contribution >= 4 is 29.8 Å². The molecule has 0 fully saturated rings. The molecule has 0 saturated heterocycles. The Bertz CT molecular complexity index is 883. The second kappa shape index (κ2) is 9.48. The third-order valence-corrected chi connectivity index (χ3v) is 4.41. The van der Waals surface area contributed by atoms with E-state index in [2.05, 4.69) is 36.0 Å². The van der Waals surface area contributed by atoms with Crippen LogP contribution in [0.15, 0.2) is 65.1 Å². The first-order valence-corrected chi connectivity index (χ1v) is 9.28. The summed E-state index contributed by atoms with van der Waals surface area (Å²) in [6.07, 6.45) is 5.03. The molecule has 0 unspecified atom stereocenters. The van der Waals surface area contributed by atoms with Crippen LogP contribution in [0.25, 0.3) is 0 Å². The smallest absolute Gasteiger partial charge is 0.240 e. The molecular formula is C18H19N7OS. The zero-order valence-corrected chi connectivity index (χ0v) is 15.5. The number of pyridine rings is 1. The second-order valence-corrected chi connectivity index (χ2v) is 6.55. The predicted octanol–water partition coefficient (Wildman–Crippen LogP) is 2.62. The van der Waals surface area contributed by atoms with Gasteiger partial charge in [-0.15, -0.1) is 5.10 Å². The van der Waals surface area contributed by atoms with Gasteiger partial charge in [-0.05, 0) is 30.2 Å². The number of hydrogen-bond donors (Lipinski definition) is 3. The third kappa shape index (κ3) is 5.93. The minimum Gasteiger partial charge on any atom is -0.349 e. The summed E-state index contributed by atoms with van der Waals surface area (Å²) in [5.41, 5.74) is 4.74. The molecule has 1 aromatic carbocycles. The van der Waals surface area contributed by atoms with Crippen molar-refractivity contribution in [3.8, 4) is 0 Å². The molecule has 3 rings (SSSR count). The summed E-state index contributed by atoms with van der Waals surface area (Å²) in [5, 5.41) is 14.3. The van der Waals surface area contributed by atoms with Crippen LogP contribution in [0.2, 0.25) is 0 Å². The standard InChI is InChI=1S/C18H19N7OS/c1-13(15-5-3-2-4-6-15)21-16(26)12-27-18-22-17(24-25-18)23-20-11-14-7-9-19-10-8-14/h2-11,13H,12H2,1H3,(H,21,26)(H2,22,23,24,25)/b20-11-/t13-/m0/s1. The largest absolute Gasteiger partial charge is 0.349 e. The van der Waals surface area contributed by atoms with Gasteiger partial charge in [-0.3, -0.25) is 9.78 Å². The van der Waals surface area contributed by atoms with Gasteiger partial charge in [0.25, 0.3) is 0 Å². The average molecular weight is 381 g/mol. The first-order valence-electron chi connectivity index (χ1n) is 8.29. The number of carbonyl (C=O) groups is 1. The Morgan fingerprint density at radius 1 is 1.26 bits per heavy atom. The van der Waals surface area contributed by atoms with E-state index in [1.165, 1.54) is 11.8 Å². The summed E-state index contributed by atoms with van der Waals surface area (Å²) in [7, 11) is 0. The maximum atomic E-state index is 12.1. The SMILES string of the molecule is C[C@H](NC(=O)CSc1n[nH]c(N/N=C\c2ccncc2)n1)c1ccccc1. The summed E-state index contributed by atoms with van der Waals surface area (Å²) < 4.78 is 0. The zero-order valence-electron chi connectivity index (χ0n) is 14.7. The number of carbonyl (C=O) groups excluding carboxylic acids is 1. The zero-order chi connectivity index (χ0) is 18.9. The topological polar surface area (TPSA) is 108 Å². The van der Waals surface area contributed by atoms with Gasteiger partial charge in [0.05, 0.1) is 18.0 Å². The lowest BCUT2D eigenvalue weighted by Gasteiger charge is -2.13. The molecule has 0 aliphatic rings. The molecule has 2 aromatic heterocycles. The fraction of sp³-hybridized carbons (Fsp3) is 0.167. The summed E-state index contributed by atoms with van der Waals surface area (Å²) in [6.45, 7) is 1.95. The molecule has 3 N–H and O–H groups in total. The number of nitrogens with one attached hydrogen (secondary N) is 3. The Hall–Kier alpha value is -3.20. The molecule has 0 spiro atoms. The molecular weight excluding hydrogens is 362 g/mol. The molecule has 1 amide bonds. The molecule has 0 aliphatic carbocycles. The molecule has 3 aromatic rings. The lowest BCUT2D eigenvalue weighted by atomic mass is 10.1. The minimum atomic E-state index is -0.0774. The molecule has 0 aliphatic heterocycles. The van der Waals surface area contributed by atoms with Crippen LogP contribution in [0.5, 0.6) is 0 Å². The Kier molecular flexibility index (Phi) is 6.53. The monoisotopic (exact) mass is 381 g/mol. The first-order chi connectivity index (χ1) is 13.2. The van der Waals surface area contributed by atoms with E-state index in [1.54, 1.807) is 18.6 Å². The van der Waals surface area contributed by atoms with Crippen molar-refractivity contribution in [2.24, 2.45) is 5.10 Å². The molecule has 138 valence electrons. The van der Waals surface area contributed by atoms with E-state index >= 15 is 0 Å². The molecule has 0 saturated carbocycles. The fourth-order valence-corrected chi connectivity index (χ4v) is 2.83. The van der Waals surface area contributed by atoms with Gasteiger partial charge >= 0.3 is 0 Å². The molecule has 27 heavy (non-hydrogen) atoms. The van der Waals surface area contributed by atoms with Crippen LogP contribution in [0.1, 0.15) is 24.1 Å². The highest BCUT2D eigenvalue weighted by Crippen LogP contribution is 2.15. The predicted molar refractivity (Wildman–Crippen MR) is 106 cm³/mol. The molecule has 0 bridgehead atoms. The van der Waals surface area contributed by atoms with Crippen molar-refractivity contribution < 1.29 is 4.79 Å². The van der Waals surface area contributed by atoms with Gasteiger partial charge < -0.3 is 5.32 Å². The van der Waals surface area contributed by atoms with Crippen molar-refractivity contribution in [3.63, 3.8) is 0 Å². The lowest BCUT2D eigenvalue weighted by Crippen LogP contribution is -2.28. The van der Waals surface area contributed by atoms with E-state index in [0.717, 1.165) is 11.1 Å². The van der Waals surface area contributed by atoms with E-state index in [4.69, 9.17) is 0 Å². The summed E-state index contributed by atoms with van der Waals surface area (Å²) in [5.74, 6) is 0.557. The molecule has 2 heterocycles. The molecule has 9 heteroatoms. The van der Waals surface area contributed by atoms with E-state index in [9.17, 15) is 4.79 Å². The fourth-order valence-electron chi connectivity index (χ4n) is 2.22. The number of thioether (sulfide) groups is 1. The van der Waals surface area contributed by atoms with Gasteiger partial charge in [-0.25, -0.2) is 10.5 Å². The van der Waals surface area contributed by atoms with Crippen molar-refractivity contribution in [1.29, 1.82) is 0 Å². The van der Waals surface area contributed by atoms with Crippen LogP contribution in [0.4, 0.5) is 5.95 Å². The molecule has 0 radical (unpaired) electrons. The number of nitrogens with zero attached hydrogens (tertiary/aromatic N) is 4. The quantitative estimate of drug-likeness (QED) is 0.314. The Morgan fingerprint density at radius 2 is 2.04 bits per heavy atom. The number of amides is 1. The van der Waals surface area contributed by atoms with Crippen LogP contribution < -0.4 is 10.7 Å². The van der Waals surface area contributed by atoms with Crippen LogP contribution >= 0.6 is 11.8 Å². The van der Waals surface area contributed by atoms with Gasteiger partial charge in [0, 0.05) is 12.4 Å². The second-order valence-electron chi connectivity index (χ2n) is 5.61. The van der Waals surface area contributed by atoms with Gasteiger partial charge in [-0.1, -0.05) is 42.1 Å². The van der Waals surface area contributed by atoms with E-state index in [1.807, 2.05) is 49.4 Å². The lowest BCUT2D eigenvalue weighted by molar-refractivity contribution is -0.119. The highest BCUT2D eigenvalue weighted by atomic mass is 32.2. The Morgan fingerprint density at radius 3 is 2.81 bits per heavy atom. The minimum absolute atomic E-state index is 0.0498. The van der Waals surface area contributed by atoms with Crippen LogP contribution in [0.3, 0.4) is 0 Å². The maximum absolute atomic E-state index is 12.1. The highest BCUT2D eigenvalue weighted by molar-refractivity contribution is 7.99. The maximum Gasteiger partial charge on any atom is 0.240 e. The number of hydrogen-bond acceptors (Lipinski definition) is 7. The van der Waals surface area contributed by atoms with E-state index < -0.39 is 0 Å². The van der Waals surface area contributed by atoms with Gasteiger partial charge in [0.2, 0.25) is 17.0 Å². The number of H-pyrrole nitrogens is 1. The van der Waals surface area contributed by atoms with Crippen molar-refractivity contribution in [1.82, 2.24) is 25.5 Å². The summed E-state index contributed by atoms with van der Waals surface area (Å²) in [4.78, 5) is 20.3. The van der Waals surface area contributed by atoms with Crippen molar-refractivity contribution in [3.05, 3.63) is 66.0 Å². The van der Waals surface area contributed by atoms with Crippen molar-refractivity contribution in [2.75, 3.05) is 11.2 Å². The Labute approximate surface area is 160 Å². The van der Waals surface area contributed by atoms with E-state index in [0.29, 0.717) is 11.1 Å². The van der Waals surface area contributed by atoms with Crippen LogP contribution in [-0.4, -0.2) is 38.0 Å². The number of benzene rings is 1. The number of rotatable bonds is 8. The van der Waals surface area contributed by atoms with Gasteiger partial charge in [-0.2, -0.15) is 10.1 Å². The first kappa shape index (κ1) is 18.6. The molecule has 8 nitrogen and oxygen atoms in total. The normalized spacial score (nSPS) is 12.0. The van der Waals surface area contributed by atoms with Crippen LogP contribution in [-0.2, 0) is 4.79 Å². The van der Waals surface area contributed by atoms with Crippen molar-refractivity contribution in [2.45, 2.75) is 18.1 Å². The summed E-state index contributed by atoms with van der Waals surface area (Å²) >= 11 is 1.25. The number of hydrazone groups is 1. The van der Waals surface area contributed by atoms with Crippen LogP contribution in [0, 0.1) is 0 Å². The third-order valence-electron chi connectivity index (χ3n) is 3.56. The summed E-state index contributed by atoms with van der Waals surface area (Å²) in [6, 6.07) is 13.4. The Balaban J connectivity index is 1.44. The van der Waals surface area contributed by atoms with E-state index in [-0.39, 0.29) is 17.7 Å². The average Bonchev–Trinajstić information content (AvgIpc) is 3.16. The van der Waals surface area contributed by atoms with Gasteiger partial charge in [0.1, 0.15) is 0 Å². The number of aromatic nitrogens is 4. The molecule has 1 atom stereocenters. The number of aromatic amines is 1. The van der Waals surface area contributed by atoms with Gasteiger partial charge in [0.15, 0.2) is 0 Å².